The number of furan rings is 1. The molecule has 0 aliphatic carbocycles. The van der Waals surface area contributed by atoms with Crippen LogP contribution in [0.3, 0.4) is 0 Å². The van der Waals surface area contributed by atoms with Gasteiger partial charge in [-0.3, -0.25) is 9.89 Å². The van der Waals surface area contributed by atoms with E-state index < -0.39 is 5.97 Å². The van der Waals surface area contributed by atoms with Gasteiger partial charge in [0.05, 0.1) is 29.8 Å². The molecule has 1 atom stereocenters. The quantitative estimate of drug-likeness (QED) is 0.901. The minimum absolute atomic E-state index is 0.117. The molecule has 0 radical (unpaired) electrons. The van der Waals surface area contributed by atoms with Gasteiger partial charge in [0.15, 0.2) is 0 Å². The number of nitrogens with zero attached hydrogens (tertiary/aromatic N) is 2. The van der Waals surface area contributed by atoms with Crippen molar-refractivity contribution in [2.24, 2.45) is 0 Å². The zero-order valence-corrected chi connectivity index (χ0v) is 11.3. The Labute approximate surface area is 120 Å². The fraction of sp³-hybridized carbons (Fsp3) is 0.357. The van der Waals surface area contributed by atoms with Gasteiger partial charge in [-0.1, -0.05) is 0 Å². The Kier molecular flexibility index (Phi) is 3.47. The van der Waals surface area contributed by atoms with Gasteiger partial charge in [-0.15, -0.1) is 0 Å². The number of carboxylic acid groups (broad SMARTS) is 1. The number of amides is 1. The maximum Gasteiger partial charge on any atom is 0.339 e. The topological polar surface area (TPSA) is 99.4 Å². The SMILES string of the molecule is O=C(O)c1cn[nH]c1C1CCCCN1C(=O)c1ccoc1. The largest absolute Gasteiger partial charge is 0.478 e. The highest BCUT2D eigenvalue weighted by atomic mass is 16.4. The molecule has 0 saturated carbocycles. The van der Waals surface area contributed by atoms with Gasteiger partial charge in [0.1, 0.15) is 11.8 Å². The monoisotopic (exact) mass is 289 g/mol. The second kappa shape index (κ2) is 5.43. The third kappa shape index (κ3) is 2.42. The molecule has 1 amide bonds. The van der Waals surface area contributed by atoms with E-state index in [1.165, 1.54) is 18.7 Å². The van der Waals surface area contributed by atoms with E-state index in [4.69, 9.17) is 4.42 Å². The average Bonchev–Trinajstić information content (AvgIpc) is 3.17. The van der Waals surface area contributed by atoms with Gasteiger partial charge in [-0.2, -0.15) is 5.10 Å². The molecule has 7 nitrogen and oxygen atoms in total. The Balaban J connectivity index is 1.93. The van der Waals surface area contributed by atoms with Crippen molar-refractivity contribution in [2.75, 3.05) is 6.54 Å². The molecule has 2 N–H and O–H groups in total. The van der Waals surface area contributed by atoms with E-state index in [-0.39, 0.29) is 17.5 Å². The first-order chi connectivity index (χ1) is 10.2. The third-order valence-electron chi connectivity index (χ3n) is 3.76. The summed E-state index contributed by atoms with van der Waals surface area (Å²) in [7, 11) is 0. The summed E-state index contributed by atoms with van der Waals surface area (Å²) in [6.45, 7) is 0.590. The summed E-state index contributed by atoms with van der Waals surface area (Å²) >= 11 is 0. The van der Waals surface area contributed by atoms with E-state index in [0.717, 1.165) is 12.8 Å². The lowest BCUT2D eigenvalue weighted by Gasteiger charge is -2.35. The molecular weight excluding hydrogens is 274 g/mol. The number of carboxylic acids is 1. The maximum atomic E-state index is 12.5. The molecular formula is C14H15N3O4. The van der Waals surface area contributed by atoms with Crippen LogP contribution >= 0.6 is 0 Å². The first kappa shape index (κ1) is 13.4. The Morgan fingerprint density at radius 2 is 2.29 bits per heavy atom. The summed E-state index contributed by atoms with van der Waals surface area (Å²) in [6, 6.07) is 1.31. The van der Waals surface area contributed by atoms with Crippen LogP contribution in [0.4, 0.5) is 0 Å². The van der Waals surface area contributed by atoms with Crippen LogP contribution in [0, 0.1) is 0 Å². The van der Waals surface area contributed by atoms with Crippen molar-refractivity contribution >= 4 is 11.9 Å². The molecule has 7 heteroatoms. The van der Waals surface area contributed by atoms with Crippen LogP contribution in [0.5, 0.6) is 0 Å². The van der Waals surface area contributed by atoms with Gasteiger partial charge >= 0.3 is 5.97 Å². The summed E-state index contributed by atoms with van der Waals surface area (Å²) in [5, 5.41) is 15.8. The fourth-order valence-electron chi connectivity index (χ4n) is 2.75. The predicted octanol–water partition coefficient (Wildman–Crippen LogP) is 2.07. The molecule has 0 aromatic carbocycles. The van der Waals surface area contributed by atoms with Crippen molar-refractivity contribution in [2.45, 2.75) is 25.3 Å². The number of aromatic carboxylic acids is 1. The van der Waals surface area contributed by atoms with E-state index in [2.05, 4.69) is 10.2 Å². The van der Waals surface area contributed by atoms with E-state index in [1.54, 1.807) is 11.0 Å². The van der Waals surface area contributed by atoms with Crippen LogP contribution in [-0.4, -0.2) is 38.6 Å². The predicted molar refractivity (Wildman–Crippen MR) is 71.9 cm³/mol. The average molecular weight is 289 g/mol. The van der Waals surface area contributed by atoms with Gasteiger partial charge in [-0.05, 0) is 25.3 Å². The van der Waals surface area contributed by atoms with Crippen molar-refractivity contribution in [3.63, 3.8) is 0 Å². The second-order valence-electron chi connectivity index (χ2n) is 5.02. The zero-order chi connectivity index (χ0) is 14.8. The molecule has 1 fully saturated rings. The Bertz CT molecular complexity index is 647. The number of hydrogen-bond donors (Lipinski definition) is 2. The van der Waals surface area contributed by atoms with Gasteiger partial charge < -0.3 is 14.4 Å². The van der Waals surface area contributed by atoms with Crippen molar-refractivity contribution in [1.29, 1.82) is 0 Å². The molecule has 0 bridgehead atoms. The van der Waals surface area contributed by atoms with E-state index >= 15 is 0 Å². The van der Waals surface area contributed by atoms with E-state index in [1.807, 2.05) is 0 Å². The Morgan fingerprint density at radius 3 is 3.00 bits per heavy atom. The van der Waals surface area contributed by atoms with E-state index in [9.17, 15) is 14.7 Å². The molecule has 3 heterocycles. The molecule has 1 aliphatic rings. The molecule has 2 aromatic heterocycles. The highest BCUT2D eigenvalue weighted by molar-refractivity contribution is 5.94. The summed E-state index contributed by atoms with van der Waals surface area (Å²) in [6.07, 6.45) is 6.69. The number of carbonyl (C=O) groups excluding carboxylic acids is 1. The van der Waals surface area contributed by atoms with Crippen LogP contribution in [0.2, 0.25) is 0 Å². The third-order valence-corrected chi connectivity index (χ3v) is 3.76. The minimum Gasteiger partial charge on any atom is -0.478 e. The minimum atomic E-state index is -1.04. The highest BCUT2D eigenvalue weighted by Crippen LogP contribution is 2.32. The Morgan fingerprint density at radius 1 is 1.43 bits per heavy atom. The van der Waals surface area contributed by atoms with Crippen LogP contribution in [-0.2, 0) is 0 Å². The van der Waals surface area contributed by atoms with Gasteiger partial charge in [0, 0.05) is 6.54 Å². The van der Waals surface area contributed by atoms with Crippen LogP contribution in [0.1, 0.15) is 51.7 Å². The molecule has 21 heavy (non-hydrogen) atoms. The van der Waals surface area contributed by atoms with Crippen molar-refractivity contribution in [3.8, 4) is 0 Å². The number of aromatic amines is 1. The van der Waals surface area contributed by atoms with Crippen molar-refractivity contribution < 1.29 is 19.1 Å². The molecule has 3 rings (SSSR count). The van der Waals surface area contributed by atoms with Crippen molar-refractivity contribution in [3.05, 3.63) is 41.6 Å². The first-order valence-corrected chi connectivity index (χ1v) is 6.78. The zero-order valence-electron chi connectivity index (χ0n) is 11.3. The van der Waals surface area contributed by atoms with E-state index in [0.29, 0.717) is 24.2 Å². The number of piperidine rings is 1. The number of likely N-dealkylation sites (tertiary alicyclic amines) is 1. The van der Waals surface area contributed by atoms with Crippen LogP contribution < -0.4 is 0 Å². The normalized spacial score (nSPS) is 18.7. The molecule has 1 saturated heterocycles. The standard InChI is InChI=1S/C14H15N3O4/c18-13(9-4-6-21-8-9)17-5-2-1-3-11(17)12-10(14(19)20)7-15-16-12/h4,6-8,11H,1-3,5H2,(H,15,16)(H,19,20). The number of rotatable bonds is 3. The fourth-order valence-corrected chi connectivity index (χ4v) is 2.75. The lowest BCUT2D eigenvalue weighted by molar-refractivity contribution is 0.0589. The van der Waals surface area contributed by atoms with Gasteiger partial charge in [0.25, 0.3) is 5.91 Å². The van der Waals surface area contributed by atoms with Crippen LogP contribution in [0.15, 0.2) is 29.2 Å². The highest BCUT2D eigenvalue weighted by Gasteiger charge is 2.32. The molecule has 0 spiro atoms. The molecule has 110 valence electrons. The summed E-state index contributed by atoms with van der Waals surface area (Å²) in [5.41, 5.74) is 1.07. The number of carbonyl (C=O) groups is 2. The number of aromatic nitrogens is 2. The molecule has 1 aliphatic heterocycles. The first-order valence-electron chi connectivity index (χ1n) is 6.78. The lowest BCUT2D eigenvalue weighted by atomic mass is 9.96. The second-order valence-corrected chi connectivity index (χ2v) is 5.02. The Hall–Kier alpha value is -2.57. The lowest BCUT2D eigenvalue weighted by Crippen LogP contribution is -2.39. The number of H-pyrrole nitrogens is 1. The maximum absolute atomic E-state index is 12.5. The van der Waals surface area contributed by atoms with Gasteiger partial charge in [0.2, 0.25) is 0 Å². The molecule has 2 aromatic rings. The number of nitrogens with one attached hydrogen (secondary N) is 1. The summed E-state index contributed by atoms with van der Waals surface area (Å²) in [4.78, 5) is 25.5. The summed E-state index contributed by atoms with van der Waals surface area (Å²) < 4.78 is 4.95. The van der Waals surface area contributed by atoms with Gasteiger partial charge in [-0.25, -0.2) is 4.79 Å². The molecule has 1 unspecified atom stereocenters. The summed E-state index contributed by atoms with van der Waals surface area (Å²) in [5.74, 6) is -1.19. The smallest absolute Gasteiger partial charge is 0.339 e. The van der Waals surface area contributed by atoms with Crippen LogP contribution in [0.25, 0.3) is 0 Å². The van der Waals surface area contributed by atoms with Crippen molar-refractivity contribution in [1.82, 2.24) is 15.1 Å². The number of hydrogen-bond acceptors (Lipinski definition) is 4.